The molecule has 0 aromatic heterocycles. The van der Waals surface area contributed by atoms with Crippen molar-refractivity contribution in [1.29, 1.82) is 0 Å². The fraction of sp³-hybridized carbons (Fsp3) is 0. The Morgan fingerprint density at radius 1 is 0.722 bits per heavy atom. The fourth-order valence-corrected chi connectivity index (χ4v) is 2.71. The number of benzene rings is 3. The van der Waals surface area contributed by atoms with Gasteiger partial charge in [0.05, 0.1) is 0 Å². The molecule has 0 aliphatic heterocycles. The molecule has 3 rings (SSSR count). The van der Waals surface area contributed by atoms with Crippen LogP contribution in [0.4, 0.5) is 0 Å². The Kier molecular flexibility index (Phi) is 2.80. The fourth-order valence-electron chi connectivity index (χ4n) is 2.12. The number of phenols is 1. The molecule has 0 atom stereocenters. The van der Waals surface area contributed by atoms with E-state index in [9.17, 15) is 5.11 Å². The minimum Gasteiger partial charge on any atom is -0.507 e. The summed E-state index contributed by atoms with van der Waals surface area (Å²) in [6.07, 6.45) is 0. The lowest BCUT2D eigenvalue weighted by molar-refractivity contribution is 0.481. The highest BCUT2D eigenvalue weighted by Gasteiger charge is 2.06. The Morgan fingerprint density at radius 2 is 1.50 bits per heavy atom. The van der Waals surface area contributed by atoms with E-state index in [2.05, 4.69) is 34.1 Å². The highest BCUT2D eigenvalue weighted by atomic mass is 79.9. The van der Waals surface area contributed by atoms with Crippen LogP contribution in [-0.2, 0) is 0 Å². The van der Waals surface area contributed by atoms with Gasteiger partial charge in [0.1, 0.15) is 5.75 Å². The van der Waals surface area contributed by atoms with Gasteiger partial charge in [0.15, 0.2) is 0 Å². The number of aromatic hydroxyl groups is 1. The van der Waals surface area contributed by atoms with Gasteiger partial charge < -0.3 is 5.11 Å². The molecule has 0 bridgehead atoms. The van der Waals surface area contributed by atoms with Gasteiger partial charge in [-0.25, -0.2) is 0 Å². The Labute approximate surface area is 114 Å². The van der Waals surface area contributed by atoms with Crippen molar-refractivity contribution in [2.24, 2.45) is 0 Å². The molecule has 0 unspecified atom stereocenters. The molecule has 3 aromatic carbocycles. The predicted octanol–water partition coefficient (Wildman–Crippen LogP) is 4.97. The highest BCUT2D eigenvalue weighted by molar-refractivity contribution is 9.10. The molecular formula is C16H11BrO. The lowest BCUT2D eigenvalue weighted by atomic mass is 10.0. The first-order valence-electron chi connectivity index (χ1n) is 5.72. The van der Waals surface area contributed by atoms with E-state index in [1.807, 2.05) is 36.4 Å². The standard InChI is InChI=1S/C16H11BrO/c17-15-10-12(11-5-2-1-3-6-11)9-14-13(15)7-4-8-16(14)18/h1-10,18H. The van der Waals surface area contributed by atoms with Crippen molar-refractivity contribution in [3.63, 3.8) is 0 Å². The Balaban J connectivity index is 2.31. The van der Waals surface area contributed by atoms with Gasteiger partial charge in [-0.1, -0.05) is 58.4 Å². The van der Waals surface area contributed by atoms with Gasteiger partial charge in [0.25, 0.3) is 0 Å². The summed E-state index contributed by atoms with van der Waals surface area (Å²) < 4.78 is 0.995. The highest BCUT2D eigenvalue weighted by Crippen LogP contribution is 2.34. The van der Waals surface area contributed by atoms with Gasteiger partial charge in [-0.2, -0.15) is 0 Å². The summed E-state index contributed by atoms with van der Waals surface area (Å²) in [6.45, 7) is 0. The first kappa shape index (κ1) is 11.3. The maximum atomic E-state index is 9.95. The van der Waals surface area contributed by atoms with Crippen LogP contribution < -0.4 is 0 Å². The topological polar surface area (TPSA) is 20.2 Å². The van der Waals surface area contributed by atoms with E-state index in [4.69, 9.17) is 0 Å². The molecule has 0 amide bonds. The van der Waals surface area contributed by atoms with Crippen LogP contribution in [0.25, 0.3) is 21.9 Å². The van der Waals surface area contributed by atoms with E-state index >= 15 is 0 Å². The maximum absolute atomic E-state index is 9.95. The van der Waals surface area contributed by atoms with E-state index < -0.39 is 0 Å². The number of phenolic OH excluding ortho intramolecular Hbond substituents is 1. The number of rotatable bonds is 1. The summed E-state index contributed by atoms with van der Waals surface area (Å²) in [5.41, 5.74) is 2.24. The molecule has 2 heteroatoms. The summed E-state index contributed by atoms with van der Waals surface area (Å²) in [6, 6.07) is 19.8. The molecule has 0 saturated heterocycles. The second-order valence-corrected chi connectivity index (χ2v) is 5.05. The Bertz CT molecular complexity index is 705. The molecule has 0 aliphatic carbocycles. The molecule has 0 radical (unpaired) electrons. The van der Waals surface area contributed by atoms with Crippen LogP contribution in [-0.4, -0.2) is 5.11 Å². The first-order valence-corrected chi connectivity index (χ1v) is 6.51. The normalized spacial score (nSPS) is 10.7. The molecular weight excluding hydrogens is 288 g/mol. The number of hydrogen-bond donors (Lipinski definition) is 1. The van der Waals surface area contributed by atoms with Crippen LogP contribution in [0.1, 0.15) is 0 Å². The van der Waals surface area contributed by atoms with Crippen LogP contribution in [0, 0.1) is 0 Å². The third-order valence-electron chi connectivity index (χ3n) is 3.03. The third kappa shape index (κ3) is 1.89. The van der Waals surface area contributed by atoms with E-state index in [1.165, 1.54) is 0 Å². The third-order valence-corrected chi connectivity index (χ3v) is 3.69. The van der Waals surface area contributed by atoms with Crippen LogP contribution >= 0.6 is 15.9 Å². The van der Waals surface area contributed by atoms with Crippen LogP contribution in [0.3, 0.4) is 0 Å². The minimum atomic E-state index is 0.311. The average molecular weight is 299 g/mol. The molecule has 0 saturated carbocycles. The van der Waals surface area contributed by atoms with Gasteiger partial charge in [0.2, 0.25) is 0 Å². The molecule has 1 nitrogen and oxygen atoms in total. The zero-order valence-corrected chi connectivity index (χ0v) is 11.2. The van der Waals surface area contributed by atoms with Gasteiger partial charge in [-0.05, 0) is 34.7 Å². The maximum Gasteiger partial charge on any atom is 0.123 e. The van der Waals surface area contributed by atoms with Gasteiger partial charge in [0, 0.05) is 9.86 Å². The van der Waals surface area contributed by atoms with Crippen molar-refractivity contribution in [3.05, 3.63) is 65.1 Å². The summed E-state index contributed by atoms with van der Waals surface area (Å²) in [5.74, 6) is 0.311. The molecule has 18 heavy (non-hydrogen) atoms. The molecule has 3 aromatic rings. The molecule has 0 spiro atoms. The first-order chi connectivity index (χ1) is 8.75. The van der Waals surface area contributed by atoms with Crippen LogP contribution in [0.2, 0.25) is 0 Å². The Hall–Kier alpha value is -1.80. The Morgan fingerprint density at radius 3 is 2.28 bits per heavy atom. The van der Waals surface area contributed by atoms with E-state index in [0.29, 0.717) is 5.75 Å². The predicted molar refractivity (Wildman–Crippen MR) is 78.7 cm³/mol. The average Bonchev–Trinajstić information content (AvgIpc) is 2.41. The smallest absolute Gasteiger partial charge is 0.123 e. The summed E-state index contributed by atoms with van der Waals surface area (Å²) >= 11 is 3.57. The lowest BCUT2D eigenvalue weighted by Gasteiger charge is -2.08. The number of hydrogen-bond acceptors (Lipinski definition) is 1. The summed E-state index contributed by atoms with van der Waals surface area (Å²) in [7, 11) is 0. The van der Waals surface area contributed by atoms with E-state index in [1.54, 1.807) is 6.07 Å². The largest absolute Gasteiger partial charge is 0.507 e. The number of halogens is 1. The van der Waals surface area contributed by atoms with Crippen molar-refractivity contribution in [1.82, 2.24) is 0 Å². The number of fused-ring (bicyclic) bond motifs is 1. The van der Waals surface area contributed by atoms with Crippen molar-refractivity contribution in [2.45, 2.75) is 0 Å². The minimum absolute atomic E-state index is 0.311. The summed E-state index contributed by atoms with van der Waals surface area (Å²) in [5, 5.41) is 11.8. The zero-order chi connectivity index (χ0) is 12.5. The van der Waals surface area contributed by atoms with E-state index in [0.717, 1.165) is 26.4 Å². The molecule has 0 heterocycles. The van der Waals surface area contributed by atoms with Gasteiger partial charge in [-0.3, -0.25) is 0 Å². The second kappa shape index (κ2) is 4.46. The lowest BCUT2D eigenvalue weighted by Crippen LogP contribution is -1.81. The van der Waals surface area contributed by atoms with Gasteiger partial charge >= 0.3 is 0 Å². The second-order valence-electron chi connectivity index (χ2n) is 4.20. The quantitative estimate of drug-likeness (QED) is 0.672. The molecule has 0 fully saturated rings. The zero-order valence-electron chi connectivity index (χ0n) is 9.60. The van der Waals surface area contributed by atoms with Crippen molar-refractivity contribution < 1.29 is 5.11 Å². The molecule has 0 aliphatic rings. The monoisotopic (exact) mass is 298 g/mol. The SMILES string of the molecule is Oc1cccc2c(Br)cc(-c3ccccc3)cc12. The molecule has 88 valence electrons. The van der Waals surface area contributed by atoms with Gasteiger partial charge in [-0.15, -0.1) is 0 Å². The summed E-state index contributed by atoms with van der Waals surface area (Å²) in [4.78, 5) is 0. The van der Waals surface area contributed by atoms with Crippen LogP contribution in [0.15, 0.2) is 65.1 Å². The molecule has 1 N–H and O–H groups in total. The van der Waals surface area contributed by atoms with Crippen molar-refractivity contribution in [3.8, 4) is 16.9 Å². The van der Waals surface area contributed by atoms with Crippen LogP contribution in [0.5, 0.6) is 5.75 Å². The van der Waals surface area contributed by atoms with E-state index in [-0.39, 0.29) is 0 Å². The van der Waals surface area contributed by atoms with Crippen molar-refractivity contribution in [2.75, 3.05) is 0 Å². The van der Waals surface area contributed by atoms with Crippen molar-refractivity contribution >= 4 is 26.7 Å².